The van der Waals surface area contributed by atoms with Gasteiger partial charge < -0.3 is 24.8 Å². The SMILES string of the molecule is CC(=O)O[C@H]1O[C@H](CO)[C@H](O)[C@H]1O. The summed E-state index contributed by atoms with van der Waals surface area (Å²) in [5.41, 5.74) is 0. The summed E-state index contributed by atoms with van der Waals surface area (Å²) >= 11 is 0. The molecule has 0 bridgehead atoms. The Balaban J connectivity index is 2.55. The predicted molar refractivity (Wildman–Crippen MR) is 39.5 cm³/mol. The van der Waals surface area contributed by atoms with Crippen LogP contribution < -0.4 is 0 Å². The zero-order chi connectivity index (χ0) is 10.0. The van der Waals surface area contributed by atoms with E-state index in [1.807, 2.05) is 0 Å². The zero-order valence-electron chi connectivity index (χ0n) is 7.08. The van der Waals surface area contributed by atoms with E-state index in [-0.39, 0.29) is 0 Å². The van der Waals surface area contributed by atoms with Crippen LogP contribution in [-0.2, 0) is 14.3 Å². The monoisotopic (exact) mass is 192 g/mol. The number of esters is 1. The maximum absolute atomic E-state index is 10.5. The quantitative estimate of drug-likeness (QED) is 0.437. The fourth-order valence-corrected chi connectivity index (χ4v) is 1.13. The molecule has 1 saturated heterocycles. The molecule has 76 valence electrons. The third-order valence-electron chi connectivity index (χ3n) is 1.78. The van der Waals surface area contributed by atoms with E-state index >= 15 is 0 Å². The molecule has 13 heavy (non-hydrogen) atoms. The topological polar surface area (TPSA) is 96.2 Å². The third kappa shape index (κ3) is 2.16. The van der Waals surface area contributed by atoms with Gasteiger partial charge in [-0.15, -0.1) is 0 Å². The van der Waals surface area contributed by atoms with Crippen LogP contribution in [0.15, 0.2) is 0 Å². The second kappa shape index (κ2) is 4.01. The number of carbonyl (C=O) groups excluding carboxylic acids is 1. The van der Waals surface area contributed by atoms with Crippen molar-refractivity contribution in [2.75, 3.05) is 6.61 Å². The number of aliphatic hydroxyl groups is 3. The summed E-state index contributed by atoms with van der Waals surface area (Å²) in [5, 5.41) is 27.1. The van der Waals surface area contributed by atoms with Crippen molar-refractivity contribution < 1.29 is 29.6 Å². The van der Waals surface area contributed by atoms with Crippen LogP contribution in [0, 0.1) is 0 Å². The molecule has 6 nitrogen and oxygen atoms in total. The fourth-order valence-electron chi connectivity index (χ4n) is 1.13. The molecular formula is C7H12O6. The van der Waals surface area contributed by atoms with E-state index in [9.17, 15) is 15.0 Å². The number of hydrogen-bond acceptors (Lipinski definition) is 6. The van der Waals surface area contributed by atoms with Crippen molar-refractivity contribution in [2.24, 2.45) is 0 Å². The standard InChI is InChI=1S/C7H12O6/c1-3(9)12-7-6(11)5(10)4(2-8)13-7/h4-8,10-11H,2H2,1H3/t4-,5+,6-,7+/m1/s1. The summed E-state index contributed by atoms with van der Waals surface area (Å²) in [6.07, 6.45) is -4.63. The van der Waals surface area contributed by atoms with Crippen LogP contribution in [0.5, 0.6) is 0 Å². The fraction of sp³-hybridized carbons (Fsp3) is 0.857. The molecule has 0 aromatic carbocycles. The lowest BCUT2D eigenvalue weighted by Crippen LogP contribution is -2.35. The minimum Gasteiger partial charge on any atom is -0.433 e. The number of ether oxygens (including phenoxy) is 2. The van der Waals surface area contributed by atoms with Crippen molar-refractivity contribution in [1.82, 2.24) is 0 Å². The number of hydrogen-bond donors (Lipinski definition) is 3. The molecule has 0 aliphatic carbocycles. The minimum absolute atomic E-state index is 0.435. The second-order valence-corrected chi connectivity index (χ2v) is 2.82. The highest BCUT2D eigenvalue weighted by Crippen LogP contribution is 2.21. The van der Waals surface area contributed by atoms with E-state index in [2.05, 4.69) is 4.74 Å². The molecule has 0 aromatic rings. The lowest BCUT2D eigenvalue weighted by atomic mass is 10.1. The Kier molecular flexibility index (Phi) is 3.21. The van der Waals surface area contributed by atoms with Crippen molar-refractivity contribution in [3.05, 3.63) is 0 Å². The summed E-state index contributed by atoms with van der Waals surface area (Å²) in [6.45, 7) is 0.727. The molecule has 6 heteroatoms. The number of rotatable bonds is 2. The summed E-state index contributed by atoms with van der Waals surface area (Å²) in [6, 6.07) is 0. The number of aliphatic hydroxyl groups excluding tert-OH is 3. The summed E-state index contributed by atoms with van der Waals surface area (Å²) in [7, 11) is 0. The third-order valence-corrected chi connectivity index (χ3v) is 1.78. The maximum atomic E-state index is 10.5. The first-order valence-corrected chi connectivity index (χ1v) is 3.86. The predicted octanol–water partition coefficient (Wildman–Crippen LogP) is -2.01. The van der Waals surface area contributed by atoms with Gasteiger partial charge in [0.25, 0.3) is 0 Å². The van der Waals surface area contributed by atoms with Gasteiger partial charge in [-0.1, -0.05) is 0 Å². The van der Waals surface area contributed by atoms with Gasteiger partial charge in [0, 0.05) is 6.92 Å². The van der Waals surface area contributed by atoms with Gasteiger partial charge in [-0.2, -0.15) is 0 Å². The van der Waals surface area contributed by atoms with Crippen LogP contribution in [0.25, 0.3) is 0 Å². The maximum Gasteiger partial charge on any atom is 0.305 e. The van der Waals surface area contributed by atoms with Gasteiger partial charge in [0.1, 0.15) is 18.3 Å². The first-order valence-electron chi connectivity index (χ1n) is 3.86. The van der Waals surface area contributed by atoms with Gasteiger partial charge in [0.05, 0.1) is 6.61 Å². The molecule has 4 atom stereocenters. The lowest BCUT2D eigenvalue weighted by Gasteiger charge is -2.13. The molecule has 0 amide bonds. The highest BCUT2D eigenvalue weighted by molar-refractivity contribution is 5.66. The second-order valence-electron chi connectivity index (χ2n) is 2.82. The van der Waals surface area contributed by atoms with Gasteiger partial charge in [0.15, 0.2) is 0 Å². The molecule has 0 spiro atoms. The Morgan fingerprint density at radius 2 is 2.08 bits per heavy atom. The highest BCUT2D eigenvalue weighted by atomic mass is 16.7. The number of carbonyl (C=O) groups is 1. The van der Waals surface area contributed by atoms with E-state index in [4.69, 9.17) is 9.84 Å². The van der Waals surface area contributed by atoms with Crippen molar-refractivity contribution in [3.8, 4) is 0 Å². The van der Waals surface area contributed by atoms with Crippen LogP contribution in [0.1, 0.15) is 6.92 Å². The molecule has 1 fully saturated rings. The molecule has 3 N–H and O–H groups in total. The van der Waals surface area contributed by atoms with E-state index < -0.39 is 37.2 Å². The van der Waals surface area contributed by atoms with Gasteiger partial charge in [0.2, 0.25) is 6.29 Å². The normalized spacial score (nSPS) is 39.1. The minimum atomic E-state index is -1.30. The molecular weight excluding hydrogens is 180 g/mol. The summed E-state index contributed by atoms with van der Waals surface area (Å²) < 4.78 is 9.40. The molecule has 1 heterocycles. The smallest absolute Gasteiger partial charge is 0.305 e. The van der Waals surface area contributed by atoms with Gasteiger partial charge in [-0.05, 0) is 0 Å². The van der Waals surface area contributed by atoms with E-state index in [1.54, 1.807) is 0 Å². The molecule has 1 aliphatic heterocycles. The van der Waals surface area contributed by atoms with Crippen molar-refractivity contribution >= 4 is 5.97 Å². The van der Waals surface area contributed by atoms with E-state index in [0.717, 1.165) is 6.92 Å². The molecule has 1 aliphatic rings. The highest BCUT2D eigenvalue weighted by Gasteiger charge is 2.44. The van der Waals surface area contributed by atoms with Crippen molar-refractivity contribution in [3.63, 3.8) is 0 Å². The Morgan fingerprint density at radius 1 is 1.46 bits per heavy atom. The average molecular weight is 192 g/mol. The molecule has 0 radical (unpaired) electrons. The lowest BCUT2D eigenvalue weighted by molar-refractivity contribution is -0.187. The van der Waals surface area contributed by atoms with Crippen LogP contribution >= 0.6 is 0 Å². The van der Waals surface area contributed by atoms with E-state index in [0.29, 0.717) is 0 Å². The average Bonchev–Trinajstić information content (AvgIpc) is 2.32. The van der Waals surface area contributed by atoms with Crippen LogP contribution in [0.3, 0.4) is 0 Å². The first-order chi connectivity index (χ1) is 6.06. The van der Waals surface area contributed by atoms with Crippen molar-refractivity contribution in [2.45, 2.75) is 31.5 Å². The Morgan fingerprint density at radius 3 is 2.46 bits per heavy atom. The van der Waals surface area contributed by atoms with Crippen LogP contribution in [0.2, 0.25) is 0 Å². The van der Waals surface area contributed by atoms with Crippen LogP contribution in [-0.4, -0.2) is 52.5 Å². The molecule has 1 rings (SSSR count). The van der Waals surface area contributed by atoms with E-state index in [1.165, 1.54) is 0 Å². The molecule has 0 unspecified atom stereocenters. The van der Waals surface area contributed by atoms with Gasteiger partial charge >= 0.3 is 5.97 Å². The summed E-state index contributed by atoms with van der Waals surface area (Å²) in [5.74, 6) is -0.616. The van der Waals surface area contributed by atoms with Gasteiger partial charge in [-0.25, -0.2) is 0 Å². The summed E-state index contributed by atoms with van der Waals surface area (Å²) in [4.78, 5) is 10.5. The van der Waals surface area contributed by atoms with Crippen LogP contribution in [0.4, 0.5) is 0 Å². The Hall–Kier alpha value is -0.690. The zero-order valence-corrected chi connectivity index (χ0v) is 7.08. The van der Waals surface area contributed by atoms with Gasteiger partial charge in [-0.3, -0.25) is 4.79 Å². The van der Waals surface area contributed by atoms with Crippen molar-refractivity contribution in [1.29, 1.82) is 0 Å². The Labute approximate surface area is 74.7 Å². The molecule has 0 aromatic heterocycles. The Bertz CT molecular complexity index is 193. The molecule has 0 saturated carbocycles. The first kappa shape index (κ1) is 10.4. The largest absolute Gasteiger partial charge is 0.433 e.